The zero-order valence-corrected chi connectivity index (χ0v) is 16.7. The molecule has 0 aliphatic carbocycles. The van der Waals surface area contributed by atoms with Gasteiger partial charge in [0.05, 0.1) is 25.9 Å². The van der Waals surface area contributed by atoms with Crippen molar-refractivity contribution >= 4 is 14.3 Å². The second-order valence-electron chi connectivity index (χ2n) is 7.38. The van der Waals surface area contributed by atoms with Crippen LogP contribution in [0.25, 0.3) is 0 Å². The maximum absolute atomic E-state index is 11.9. The number of carbonyl (C=O) groups excluding carboxylic acids is 1. The van der Waals surface area contributed by atoms with E-state index in [0.717, 1.165) is 5.56 Å². The van der Waals surface area contributed by atoms with Gasteiger partial charge in [0.2, 0.25) is 0 Å². The number of esters is 1. The van der Waals surface area contributed by atoms with Gasteiger partial charge >= 0.3 is 5.97 Å². The first-order valence-corrected chi connectivity index (χ1v) is 11.1. The molecule has 0 fully saturated rings. The summed E-state index contributed by atoms with van der Waals surface area (Å²) in [5.74, 6) is -0.456. The Morgan fingerprint density at radius 2 is 1.79 bits per heavy atom. The molecule has 1 atom stereocenters. The van der Waals surface area contributed by atoms with E-state index in [1.807, 2.05) is 30.3 Å². The molecule has 134 valence electrons. The van der Waals surface area contributed by atoms with E-state index in [1.54, 1.807) is 0 Å². The molecule has 1 aromatic carbocycles. The number of methoxy groups -OCH3 is 1. The number of hydrogen-bond acceptors (Lipinski definition) is 4. The number of benzene rings is 1. The predicted molar refractivity (Wildman–Crippen MR) is 99.3 cm³/mol. The van der Waals surface area contributed by atoms with Crippen LogP contribution in [0.4, 0.5) is 0 Å². The smallest absolute Gasteiger partial charge is 0.335 e. The highest BCUT2D eigenvalue weighted by Gasteiger charge is 2.40. The predicted octanol–water partition coefficient (Wildman–Crippen LogP) is 4.32. The van der Waals surface area contributed by atoms with Gasteiger partial charge in [-0.1, -0.05) is 57.7 Å². The van der Waals surface area contributed by atoms with Crippen LogP contribution in [-0.4, -0.2) is 34.1 Å². The largest absolute Gasteiger partial charge is 0.466 e. The molecular weight excluding hydrogens is 320 g/mol. The van der Waals surface area contributed by atoms with Crippen LogP contribution in [0.15, 0.2) is 42.5 Å². The molecule has 0 heterocycles. The molecule has 0 saturated carbocycles. The Bertz CT molecular complexity index is 546. The first kappa shape index (κ1) is 20.6. The van der Waals surface area contributed by atoms with Crippen LogP contribution in [0, 0.1) is 0 Å². The highest BCUT2D eigenvalue weighted by Crippen LogP contribution is 2.38. The van der Waals surface area contributed by atoms with Crippen LogP contribution in [0.2, 0.25) is 18.1 Å². The van der Waals surface area contributed by atoms with Crippen molar-refractivity contribution in [3.05, 3.63) is 48.0 Å². The molecule has 0 amide bonds. The molecule has 0 radical (unpaired) electrons. The summed E-state index contributed by atoms with van der Waals surface area (Å²) < 4.78 is 16.9. The Morgan fingerprint density at radius 3 is 2.29 bits per heavy atom. The lowest BCUT2D eigenvalue weighted by Crippen LogP contribution is -2.46. The van der Waals surface area contributed by atoms with Gasteiger partial charge in [-0.3, -0.25) is 0 Å². The van der Waals surface area contributed by atoms with Crippen LogP contribution in [0.3, 0.4) is 0 Å². The van der Waals surface area contributed by atoms with Gasteiger partial charge in [-0.2, -0.15) is 0 Å². The van der Waals surface area contributed by atoms with Crippen LogP contribution in [-0.2, 0) is 25.3 Å². The fourth-order valence-electron chi connectivity index (χ4n) is 1.86. The van der Waals surface area contributed by atoms with E-state index < -0.39 is 20.4 Å². The molecule has 1 aromatic rings. The SMILES string of the molecule is C=C(C(=O)OC)[C@@H](COCc1ccccc1)O[Si](C)(C)C(C)(C)C. The monoisotopic (exact) mass is 350 g/mol. The average molecular weight is 351 g/mol. The molecule has 0 N–H and O–H groups in total. The number of carbonyl (C=O) groups is 1. The van der Waals surface area contributed by atoms with Gasteiger partial charge in [-0.15, -0.1) is 0 Å². The quantitative estimate of drug-likeness (QED) is 0.398. The number of hydrogen-bond donors (Lipinski definition) is 0. The number of rotatable bonds is 8. The van der Waals surface area contributed by atoms with Gasteiger partial charge in [0.15, 0.2) is 8.32 Å². The fourth-order valence-corrected chi connectivity index (χ4v) is 3.13. The van der Waals surface area contributed by atoms with Crippen molar-refractivity contribution in [1.82, 2.24) is 0 Å². The van der Waals surface area contributed by atoms with Gasteiger partial charge in [0, 0.05) is 0 Å². The van der Waals surface area contributed by atoms with E-state index >= 15 is 0 Å². The van der Waals surface area contributed by atoms with Gasteiger partial charge in [-0.25, -0.2) is 4.79 Å². The molecule has 4 nitrogen and oxygen atoms in total. The summed E-state index contributed by atoms with van der Waals surface area (Å²) in [5, 5.41) is 0.0288. The Hall–Kier alpha value is -1.43. The normalized spacial score (nSPS) is 13.4. The lowest BCUT2D eigenvalue weighted by molar-refractivity contribution is -0.137. The van der Waals surface area contributed by atoms with Gasteiger partial charge in [-0.05, 0) is 23.7 Å². The Kier molecular flexibility index (Phi) is 7.39. The molecule has 1 rings (SSSR count). The van der Waals surface area contributed by atoms with E-state index in [4.69, 9.17) is 13.9 Å². The topological polar surface area (TPSA) is 44.8 Å². The molecule has 24 heavy (non-hydrogen) atoms. The van der Waals surface area contributed by atoms with Crippen molar-refractivity contribution in [2.24, 2.45) is 0 Å². The van der Waals surface area contributed by atoms with Crippen molar-refractivity contribution in [3.63, 3.8) is 0 Å². The minimum Gasteiger partial charge on any atom is -0.466 e. The van der Waals surface area contributed by atoms with E-state index in [1.165, 1.54) is 7.11 Å². The van der Waals surface area contributed by atoms with Crippen molar-refractivity contribution in [1.29, 1.82) is 0 Å². The van der Waals surface area contributed by atoms with Gasteiger partial charge in [0.1, 0.15) is 6.10 Å². The second kappa shape index (κ2) is 8.60. The summed E-state index contributed by atoms with van der Waals surface area (Å²) in [6.45, 7) is 15.3. The molecule has 0 saturated heterocycles. The third kappa shape index (κ3) is 5.89. The highest BCUT2D eigenvalue weighted by atomic mass is 28.4. The van der Waals surface area contributed by atoms with E-state index in [9.17, 15) is 4.79 Å². The van der Waals surface area contributed by atoms with Gasteiger partial charge < -0.3 is 13.9 Å². The lowest BCUT2D eigenvalue weighted by Gasteiger charge is -2.39. The third-order valence-electron chi connectivity index (χ3n) is 4.46. The lowest BCUT2D eigenvalue weighted by atomic mass is 10.2. The molecule has 0 aliphatic heterocycles. The van der Waals surface area contributed by atoms with Crippen LogP contribution in [0.1, 0.15) is 26.3 Å². The van der Waals surface area contributed by atoms with E-state index in [-0.39, 0.29) is 11.6 Å². The molecule has 0 bridgehead atoms. The Morgan fingerprint density at radius 1 is 1.21 bits per heavy atom. The standard InChI is InChI=1S/C19H30O4Si/c1-15(18(20)21-5)17(23-24(6,7)19(2,3)4)14-22-13-16-11-9-8-10-12-16/h8-12,17H,1,13-14H2,2-7H3/t17-/m1/s1. The Labute approximate surface area is 146 Å². The van der Waals surface area contributed by atoms with Crippen molar-refractivity contribution in [3.8, 4) is 0 Å². The third-order valence-corrected chi connectivity index (χ3v) is 8.95. The molecular formula is C19H30O4Si. The second-order valence-corrected chi connectivity index (χ2v) is 12.1. The van der Waals surface area contributed by atoms with E-state index in [2.05, 4.69) is 40.4 Å². The maximum atomic E-state index is 11.9. The summed E-state index contributed by atoms with van der Waals surface area (Å²) in [5.41, 5.74) is 1.38. The minimum absolute atomic E-state index is 0.0288. The summed E-state index contributed by atoms with van der Waals surface area (Å²) in [6.07, 6.45) is -0.498. The fraction of sp³-hybridized carbons (Fsp3) is 0.526. The molecule has 0 unspecified atom stereocenters. The number of ether oxygens (including phenoxy) is 2. The van der Waals surface area contributed by atoms with Crippen molar-refractivity contribution in [2.75, 3.05) is 13.7 Å². The van der Waals surface area contributed by atoms with Crippen molar-refractivity contribution < 1.29 is 18.7 Å². The average Bonchev–Trinajstić information content (AvgIpc) is 2.52. The maximum Gasteiger partial charge on any atom is 0.335 e. The van der Waals surface area contributed by atoms with Crippen LogP contribution in [0.5, 0.6) is 0 Å². The molecule has 5 heteroatoms. The van der Waals surface area contributed by atoms with Crippen molar-refractivity contribution in [2.45, 2.75) is 51.6 Å². The first-order valence-electron chi connectivity index (χ1n) is 8.15. The van der Waals surface area contributed by atoms with Gasteiger partial charge in [0.25, 0.3) is 0 Å². The van der Waals surface area contributed by atoms with Crippen LogP contribution < -0.4 is 0 Å². The van der Waals surface area contributed by atoms with Crippen LogP contribution >= 0.6 is 0 Å². The summed E-state index contributed by atoms with van der Waals surface area (Å²) in [7, 11) is -0.718. The summed E-state index contributed by atoms with van der Waals surface area (Å²) in [6, 6.07) is 9.90. The van der Waals surface area contributed by atoms with E-state index in [0.29, 0.717) is 12.2 Å². The first-order chi connectivity index (χ1) is 11.1. The Balaban J connectivity index is 2.78. The molecule has 0 spiro atoms. The minimum atomic E-state index is -2.07. The highest BCUT2D eigenvalue weighted by molar-refractivity contribution is 6.74. The molecule has 0 aromatic heterocycles. The zero-order chi connectivity index (χ0) is 18.4. The summed E-state index contributed by atoms with van der Waals surface area (Å²) >= 11 is 0. The molecule has 0 aliphatic rings. The summed E-state index contributed by atoms with van der Waals surface area (Å²) in [4.78, 5) is 11.9. The zero-order valence-electron chi connectivity index (χ0n) is 15.7.